The van der Waals surface area contributed by atoms with Crippen molar-refractivity contribution in [3.8, 4) is 0 Å². The molecule has 0 aromatic heterocycles. The average molecular weight is 140 g/mol. The second kappa shape index (κ2) is 2.25. The van der Waals surface area contributed by atoms with Crippen molar-refractivity contribution in [2.75, 3.05) is 0 Å². The summed E-state index contributed by atoms with van der Waals surface area (Å²) >= 11 is 0. The Balaban J connectivity index is 2.66. The molecule has 1 saturated carbocycles. The molecule has 0 nitrogen and oxygen atoms in total. The zero-order valence-corrected chi connectivity index (χ0v) is 7.94. The second-order valence-electron chi connectivity index (χ2n) is 4.56. The molecule has 60 valence electrons. The van der Waals surface area contributed by atoms with E-state index < -0.39 is 0 Å². The van der Waals surface area contributed by atoms with E-state index in [1.807, 2.05) is 0 Å². The highest BCUT2D eigenvalue weighted by Gasteiger charge is 2.47. The fourth-order valence-electron chi connectivity index (χ4n) is 2.50. The molecule has 0 radical (unpaired) electrons. The molecule has 2 atom stereocenters. The third-order valence-electron chi connectivity index (χ3n) is 4.07. The van der Waals surface area contributed by atoms with Crippen LogP contribution >= 0.6 is 0 Å². The van der Waals surface area contributed by atoms with Crippen LogP contribution in [-0.4, -0.2) is 0 Å². The van der Waals surface area contributed by atoms with Crippen LogP contribution in [0.4, 0.5) is 0 Å². The quantitative estimate of drug-likeness (QED) is 0.524. The van der Waals surface area contributed by atoms with Gasteiger partial charge in [0.1, 0.15) is 0 Å². The zero-order chi connectivity index (χ0) is 7.94. The van der Waals surface area contributed by atoms with Crippen molar-refractivity contribution < 1.29 is 0 Å². The fraction of sp³-hybridized carbons (Fsp3) is 1.00. The van der Waals surface area contributed by atoms with Gasteiger partial charge in [0, 0.05) is 0 Å². The summed E-state index contributed by atoms with van der Waals surface area (Å²) < 4.78 is 0. The van der Waals surface area contributed by atoms with Crippen LogP contribution in [0.5, 0.6) is 0 Å². The average Bonchev–Trinajstić information content (AvgIpc) is 1.86. The van der Waals surface area contributed by atoms with Gasteiger partial charge >= 0.3 is 0 Å². The molecule has 0 aromatic rings. The van der Waals surface area contributed by atoms with Crippen LogP contribution in [0.2, 0.25) is 0 Å². The number of rotatable bonds is 1. The van der Waals surface area contributed by atoms with Gasteiger partial charge < -0.3 is 0 Å². The summed E-state index contributed by atoms with van der Waals surface area (Å²) in [7, 11) is 0. The van der Waals surface area contributed by atoms with Gasteiger partial charge in [-0.25, -0.2) is 0 Å². The van der Waals surface area contributed by atoms with Gasteiger partial charge in [-0.2, -0.15) is 0 Å². The molecule has 10 heavy (non-hydrogen) atoms. The highest BCUT2D eigenvalue weighted by atomic mass is 14.5. The minimum Gasteiger partial charge on any atom is -0.0622 e. The first kappa shape index (κ1) is 8.10. The summed E-state index contributed by atoms with van der Waals surface area (Å²) in [5.74, 6) is 2.75. The summed E-state index contributed by atoms with van der Waals surface area (Å²) in [6, 6.07) is 0. The fourth-order valence-corrected chi connectivity index (χ4v) is 2.50. The molecule has 0 N–H and O–H groups in total. The van der Waals surface area contributed by atoms with Crippen LogP contribution < -0.4 is 0 Å². The Hall–Kier alpha value is 0. The number of hydrogen-bond donors (Lipinski definition) is 0. The third kappa shape index (κ3) is 0.810. The van der Waals surface area contributed by atoms with Gasteiger partial charge in [0.05, 0.1) is 0 Å². The first-order valence-electron chi connectivity index (χ1n) is 4.49. The molecular weight excluding hydrogens is 120 g/mol. The third-order valence-corrected chi connectivity index (χ3v) is 4.07. The van der Waals surface area contributed by atoms with Crippen LogP contribution in [0.25, 0.3) is 0 Å². The Kier molecular flexibility index (Phi) is 1.82. The van der Waals surface area contributed by atoms with Crippen molar-refractivity contribution in [3.63, 3.8) is 0 Å². The maximum Gasteiger partial charge on any atom is -0.0251 e. The van der Waals surface area contributed by atoms with Gasteiger partial charge in [0.25, 0.3) is 0 Å². The smallest absolute Gasteiger partial charge is 0.0251 e. The second-order valence-corrected chi connectivity index (χ2v) is 4.56. The van der Waals surface area contributed by atoms with Crippen molar-refractivity contribution in [2.24, 2.45) is 23.2 Å². The first-order chi connectivity index (χ1) is 4.49. The predicted molar refractivity (Wildman–Crippen MR) is 45.9 cm³/mol. The highest BCUT2D eigenvalue weighted by molar-refractivity contribution is 4.96. The Morgan fingerprint density at radius 2 is 1.60 bits per heavy atom. The van der Waals surface area contributed by atoms with E-state index in [0.29, 0.717) is 5.41 Å². The lowest BCUT2D eigenvalue weighted by atomic mass is 9.50. The van der Waals surface area contributed by atoms with E-state index >= 15 is 0 Å². The summed E-state index contributed by atoms with van der Waals surface area (Å²) in [5, 5.41) is 0. The van der Waals surface area contributed by atoms with Crippen molar-refractivity contribution in [1.29, 1.82) is 0 Å². The van der Waals surface area contributed by atoms with Gasteiger partial charge in [0.15, 0.2) is 0 Å². The molecule has 0 spiro atoms. The summed E-state index contributed by atoms with van der Waals surface area (Å²) in [4.78, 5) is 0. The lowest BCUT2D eigenvalue weighted by Crippen LogP contribution is -2.47. The molecule has 0 aliphatic heterocycles. The van der Waals surface area contributed by atoms with Crippen LogP contribution in [-0.2, 0) is 0 Å². The Labute approximate surface area is 65.0 Å². The molecule has 0 amide bonds. The van der Waals surface area contributed by atoms with Crippen LogP contribution in [0, 0.1) is 23.2 Å². The molecule has 0 heterocycles. The van der Waals surface area contributed by atoms with E-state index in [0.717, 1.165) is 17.8 Å². The maximum atomic E-state index is 2.44. The maximum absolute atomic E-state index is 2.44. The van der Waals surface area contributed by atoms with Crippen LogP contribution in [0.15, 0.2) is 0 Å². The van der Waals surface area contributed by atoms with E-state index in [1.54, 1.807) is 0 Å². The monoisotopic (exact) mass is 140 g/mol. The Morgan fingerprint density at radius 1 is 1.20 bits per heavy atom. The predicted octanol–water partition coefficient (Wildman–Crippen LogP) is 3.32. The SMILES string of the molecule is CC(C)C1(C)C(C)CC1C. The minimum atomic E-state index is 0.639. The van der Waals surface area contributed by atoms with Crippen molar-refractivity contribution in [2.45, 2.75) is 41.0 Å². The van der Waals surface area contributed by atoms with E-state index in [-0.39, 0.29) is 0 Å². The Bertz CT molecular complexity index is 106. The molecule has 0 aromatic carbocycles. The summed E-state index contributed by atoms with van der Waals surface area (Å²) in [6.45, 7) is 11.9. The van der Waals surface area contributed by atoms with Crippen LogP contribution in [0.1, 0.15) is 41.0 Å². The molecule has 1 fully saturated rings. The standard InChI is InChI=1S/C10H20/c1-7(2)10(5)8(3)6-9(10)4/h7-9H,6H2,1-5H3. The van der Waals surface area contributed by atoms with E-state index in [2.05, 4.69) is 34.6 Å². The van der Waals surface area contributed by atoms with Crippen molar-refractivity contribution in [1.82, 2.24) is 0 Å². The number of hydrogen-bond acceptors (Lipinski definition) is 0. The molecule has 1 aliphatic carbocycles. The normalized spacial score (nSPS) is 47.4. The van der Waals surface area contributed by atoms with Gasteiger partial charge in [-0.05, 0) is 29.6 Å². The van der Waals surface area contributed by atoms with Gasteiger partial charge in [0.2, 0.25) is 0 Å². The molecule has 0 heteroatoms. The highest BCUT2D eigenvalue weighted by Crippen LogP contribution is 2.55. The molecule has 2 unspecified atom stereocenters. The molecule has 0 bridgehead atoms. The summed E-state index contributed by atoms with van der Waals surface area (Å²) in [5.41, 5.74) is 0.639. The molecule has 1 rings (SSSR count). The van der Waals surface area contributed by atoms with Crippen LogP contribution in [0.3, 0.4) is 0 Å². The summed E-state index contributed by atoms with van der Waals surface area (Å²) in [6.07, 6.45) is 1.44. The van der Waals surface area contributed by atoms with Crippen molar-refractivity contribution in [3.05, 3.63) is 0 Å². The van der Waals surface area contributed by atoms with E-state index in [9.17, 15) is 0 Å². The Morgan fingerprint density at radius 3 is 1.70 bits per heavy atom. The van der Waals surface area contributed by atoms with Gasteiger partial charge in [-0.15, -0.1) is 0 Å². The largest absolute Gasteiger partial charge is 0.0622 e. The first-order valence-corrected chi connectivity index (χ1v) is 4.49. The molecule has 0 saturated heterocycles. The van der Waals surface area contributed by atoms with Gasteiger partial charge in [-0.1, -0.05) is 34.6 Å². The van der Waals surface area contributed by atoms with E-state index in [1.165, 1.54) is 6.42 Å². The topological polar surface area (TPSA) is 0 Å². The van der Waals surface area contributed by atoms with Crippen molar-refractivity contribution >= 4 is 0 Å². The minimum absolute atomic E-state index is 0.639. The van der Waals surface area contributed by atoms with Gasteiger partial charge in [-0.3, -0.25) is 0 Å². The van der Waals surface area contributed by atoms with E-state index in [4.69, 9.17) is 0 Å². The lowest BCUT2D eigenvalue weighted by Gasteiger charge is -2.55. The molecule has 1 aliphatic rings. The molecular formula is C10H20. The zero-order valence-electron chi connectivity index (χ0n) is 7.94. The lowest BCUT2D eigenvalue weighted by molar-refractivity contribution is -0.0564.